The molecule has 2 atom stereocenters. The van der Waals surface area contributed by atoms with Gasteiger partial charge >= 0.3 is 0 Å². The van der Waals surface area contributed by atoms with Gasteiger partial charge < -0.3 is 10.6 Å². The second-order valence-corrected chi connectivity index (χ2v) is 6.73. The zero-order valence-corrected chi connectivity index (χ0v) is 14.8. The van der Waals surface area contributed by atoms with Crippen molar-refractivity contribution in [3.05, 3.63) is 51.1 Å². The van der Waals surface area contributed by atoms with E-state index in [1.807, 2.05) is 0 Å². The Morgan fingerprint density at radius 1 is 1.12 bits per heavy atom. The van der Waals surface area contributed by atoms with Gasteiger partial charge in [0.25, 0.3) is 5.91 Å². The number of pyridine rings is 1. The van der Waals surface area contributed by atoms with Crippen LogP contribution in [0.1, 0.15) is 16.8 Å². The zero-order chi connectivity index (χ0) is 18.1. The van der Waals surface area contributed by atoms with E-state index >= 15 is 0 Å². The number of halogens is 4. The number of carbonyl (C=O) groups excluding carboxylic acids is 2. The number of nitrogens with zero attached hydrogens (tertiary/aromatic N) is 1. The van der Waals surface area contributed by atoms with Crippen LogP contribution in [0.5, 0.6) is 0 Å². The van der Waals surface area contributed by atoms with E-state index in [0.717, 1.165) is 0 Å². The van der Waals surface area contributed by atoms with Crippen molar-refractivity contribution in [3.8, 4) is 0 Å². The van der Waals surface area contributed by atoms with E-state index in [1.165, 1.54) is 30.5 Å². The molecule has 25 heavy (non-hydrogen) atoms. The molecule has 0 bridgehead atoms. The van der Waals surface area contributed by atoms with Gasteiger partial charge in [-0.1, -0.05) is 34.8 Å². The summed E-state index contributed by atoms with van der Waals surface area (Å²) in [5.41, 5.74) is 0.443. The number of benzene rings is 1. The maximum Gasteiger partial charge on any atom is 0.258 e. The summed E-state index contributed by atoms with van der Waals surface area (Å²) in [5, 5.41) is 5.65. The summed E-state index contributed by atoms with van der Waals surface area (Å²) in [7, 11) is 0. The fourth-order valence-electron chi connectivity index (χ4n) is 2.18. The van der Waals surface area contributed by atoms with Crippen LogP contribution in [0.3, 0.4) is 0 Å². The number of hydrogen-bond acceptors (Lipinski definition) is 3. The van der Waals surface area contributed by atoms with Gasteiger partial charge in [-0.05, 0) is 24.6 Å². The normalized spacial score (nSPS) is 18.6. The molecule has 1 aliphatic carbocycles. The third kappa shape index (κ3) is 4.21. The van der Waals surface area contributed by atoms with Crippen molar-refractivity contribution < 1.29 is 14.0 Å². The molecule has 9 heteroatoms. The first-order valence-corrected chi connectivity index (χ1v) is 8.35. The molecule has 1 fully saturated rings. The number of carbonyl (C=O) groups is 2. The summed E-state index contributed by atoms with van der Waals surface area (Å²) >= 11 is 17.9. The molecule has 0 radical (unpaired) electrons. The molecule has 0 unspecified atom stereocenters. The van der Waals surface area contributed by atoms with Crippen LogP contribution in [0.2, 0.25) is 15.1 Å². The number of hydrogen-bond donors (Lipinski definition) is 2. The SMILES string of the molecule is O=C(Nc1ccnc(NC(=O)[C@H]2C[C@H]2F)c1)c1c(Cl)cc(Cl)cc1Cl. The van der Waals surface area contributed by atoms with Crippen LogP contribution in [0.25, 0.3) is 0 Å². The van der Waals surface area contributed by atoms with Crippen molar-refractivity contribution in [2.45, 2.75) is 12.6 Å². The largest absolute Gasteiger partial charge is 0.322 e. The number of alkyl halides is 1. The van der Waals surface area contributed by atoms with E-state index in [4.69, 9.17) is 34.8 Å². The van der Waals surface area contributed by atoms with E-state index < -0.39 is 23.9 Å². The first kappa shape index (κ1) is 17.9. The first-order chi connectivity index (χ1) is 11.8. The molecule has 3 rings (SSSR count). The van der Waals surface area contributed by atoms with E-state index in [-0.39, 0.29) is 27.8 Å². The van der Waals surface area contributed by atoms with Crippen LogP contribution in [-0.2, 0) is 4.79 Å². The summed E-state index contributed by atoms with van der Waals surface area (Å²) in [6.07, 6.45) is 0.517. The maximum absolute atomic E-state index is 12.9. The van der Waals surface area contributed by atoms with Gasteiger partial charge in [-0.3, -0.25) is 9.59 Å². The molecule has 1 aliphatic rings. The molecule has 2 amide bonds. The Labute approximate surface area is 157 Å². The Kier molecular flexibility index (Phi) is 5.13. The summed E-state index contributed by atoms with van der Waals surface area (Å²) in [6.45, 7) is 0. The highest BCUT2D eigenvalue weighted by Crippen LogP contribution is 2.34. The van der Waals surface area contributed by atoms with Gasteiger partial charge in [-0.25, -0.2) is 9.37 Å². The molecule has 1 aromatic heterocycles. The Morgan fingerprint density at radius 2 is 1.76 bits per heavy atom. The van der Waals surface area contributed by atoms with Crippen LogP contribution in [0, 0.1) is 5.92 Å². The summed E-state index contributed by atoms with van der Waals surface area (Å²) < 4.78 is 12.9. The Hall–Kier alpha value is -1.89. The third-order valence-corrected chi connectivity index (χ3v) is 4.37. The van der Waals surface area contributed by atoms with Crippen LogP contribution in [0.4, 0.5) is 15.9 Å². The summed E-state index contributed by atoms with van der Waals surface area (Å²) in [6, 6.07) is 5.79. The van der Waals surface area contributed by atoms with E-state index in [2.05, 4.69) is 15.6 Å². The van der Waals surface area contributed by atoms with Crippen molar-refractivity contribution in [2.24, 2.45) is 5.92 Å². The lowest BCUT2D eigenvalue weighted by molar-refractivity contribution is -0.117. The van der Waals surface area contributed by atoms with E-state index in [9.17, 15) is 14.0 Å². The van der Waals surface area contributed by atoms with Crippen LogP contribution in [-0.4, -0.2) is 23.0 Å². The quantitative estimate of drug-likeness (QED) is 0.786. The monoisotopic (exact) mass is 401 g/mol. The van der Waals surface area contributed by atoms with Crippen LogP contribution < -0.4 is 10.6 Å². The number of aromatic nitrogens is 1. The minimum atomic E-state index is -1.10. The number of amides is 2. The molecule has 1 heterocycles. The van der Waals surface area contributed by atoms with E-state index in [0.29, 0.717) is 10.7 Å². The summed E-state index contributed by atoms with van der Waals surface area (Å²) in [4.78, 5) is 28.1. The predicted octanol–water partition coefficient (Wildman–Crippen LogP) is 4.59. The summed E-state index contributed by atoms with van der Waals surface area (Å²) in [5.74, 6) is -1.41. The van der Waals surface area contributed by atoms with Gasteiger partial charge in [0.15, 0.2) is 0 Å². The molecule has 5 nitrogen and oxygen atoms in total. The van der Waals surface area contributed by atoms with Crippen molar-refractivity contribution in [1.82, 2.24) is 4.98 Å². The average molecular weight is 403 g/mol. The average Bonchev–Trinajstić information content (AvgIpc) is 3.23. The van der Waals surface area contributed by atoms with Crippen molar-refractivity contribution in [1.29, 1.82) is 0 Å². The standard InChI is InChI=1S/C16H11Cl3FN3O2/c17-7-3-10(18)14(11(19)4-7)16(25)22-8-1-2-21-13(5-8)23-15(24)9-6-12(9)20/h1-5,9,12H,6H2,(H2,21,22,23,24,25)/t9-,12+/m0/s1. The smallest absolute Gasteiger partial charge is 0.258 e. The fraction of sp³-hybridized carbons (Fsp3) is 0.188. The van der Waals surface area contributed by atoms with Gasteiger partial charge in [0.05, 0.1) is 21.5 Å². The third-order valence-electron chi connectivity index (χ3n) is 3.55. The molecule has 1 saturated carbocycles. The lowest BCUT2D eigenvalue weighted by Gasteiger charge is -2.10. The molecule has 0 saturated heterocycles. The zero-order valence-electron chi connectivity index (χ0n) is 12.5. The van der Waals surface area contributed by atoms with E-state index in [1.54, 1.807) is 0 Å². The van der Waals surface area contributed by atoms with Crippen molar-refractivity contribution >= 4 is 58.1 Å². The maximum atomic E-state index is 12.9. The Bertz CT molecular complexity index is 839. The van der Waals surface area contributed by atoms with Gasteiger partial charge in [0, 0.05) is 23.0 Å². The highest BCUT2D eigenvalue weighted by atomic mass is 35.5. The first-order valence-electron chi connectivity index (χ1n) is 7.22. The van der Waals surface area contributed by atoms with Gasteiger partial charge in [0.2, 0.25) is 5.91 Å². The Balaban J connectivity index is 1.74. The molecular weight excluding hydrogens is 392 g/mol. The van der Waals surface area contributed by atoms with Gasteiger partial charge in [-0.15, -0.1) is 0 Å². The molecule has 2 aromatic rings. The number of rotatable bonds is 4. The molecule has 2 N–H and O–H groups in total. The molecule has 0 spiro atoms. The van der Waals surface area contributed by atoms with Crippen molar-refractivity contribution in [3.63, 3.8) is 0 Å². The lowest BCUT2D eigenvalue weighted by atomic mass is 10.2. The molecule has 1 aromatic carbocycles. The second kappa shape index (κ2) is 7.15. The molecular formula is C16H11Cl3FN3O2. The van der Waals surface area contributed by atoms with Crippen LogP contribution in [0.15, 0.2) is 30.5 Å². The van der Waals surface area contributed by atoms with Crippen LogP contribution >= 0.6 is 34.8 Å². The second-order valence-electron chi connectivity index (χ2n) is 5.48. The molecule has 0 aliphatic heterocycles. The highest BCUT2D eigenvalue weighted by Gasteiger charge is 2.43. The van der Waals surface area contributed by atoms with Crippen molar-refractivity contribution in [2.75, 3.05) is 10.6 Å². The lowest BCUT2D eigenvalue weighted by Crippen LogP contribution is -2.17. The number of anilines is 2. The molecule has 130 valence electrons. The number of nitrogens with one attached hydrogen (secondary N) is 2. The fourth-order valence-corrected chi connectivity index (χ4v) is 3.17. The Morgan fingerprint density at radius 3 is 2.36 bits per heavy atom. The topological polar surface area (TPSA) is 71.1 Å². The minimum absolute atomic E-state index is 0.0772. The predicted molar refractivity (Wildman–Crippen MR) is 95.3 cm³/mol. The minimum Gasteiger partial charge on any atom is -0.322 e. The van der Waals surface area contributed by atoms with Gasteiger partial charge in [-0.2, -0.15) is 0 Å². The highest BCUT2D eigenvalue weighted by molar-refractivity contribution is 6.42. The van der Waals surface area contributed by atoms with Gasteiger partial charge in [0.1, 0.15) is 12.0 Å².